The molecular weight excluding hydrogens is 154 g/mol. The van der Waals surface area contributed by atoms with Crippen molar-refractivity contribution in [1.82, 2.24) is 5.16 Å². The predicted molar refractivity (Wildman–Crippen MR) is 45.7 cm³/mol. The first-order valence-electron chi connectivity index (χ1n) is 4.39. The Labute approximate surface area is 72.4 Å². The van der Waals surface area contributed by atoms with Gasteiger partial charge >= 0.3 is 0 Å². The number of nitrogens with zero attached hydrogens (tertiary/aromatic N) is 1. The highest BCUT2D eigenvalue weighted by Crippen LogP contribution is 2.07. The van der Waals surface area contributed by atoms with E-state index in [-0.39, 0.29) is 6.10 Å². The van der Waals surface area contributed by atoms with E-state index in [1.165, 1.54) is 0 Å². The zero-order valence-corrected chi connectivity index (χ0v) is 7.36. The second kappa shape index (κ2) is 4.93. The average molecular weight is 169 g/mol. The van der Waals surface area contributed by atoms with E-state index in [9.17, 15) is 5.11 Å². The fourth-order valence-corrected chi connectivity index (χ4v) is 1.16. The van der Waals surface area contributed by atoms with Gasteiger partial charge in [-0.2, -0.15) is 0 Å². The topological polar surface area (TPSA) is 46.3 Å². The molecule has 0 spiro atoms. The molecule has 1 aromatic heterocycles. The summed E-state index contributed by atoms with van der Waals surface area (Å²) in [7, 11) is 0. The van der Waals surface area contributed by atoms with E-state index >= 15 is 0 Å². The maximum Gasteiger partial charge on any atom is 0.126 e. The van der Waals surface area contributed by atoms with Crippen molar-refractivity contribution >= 4 is 0 Å². The van der Waals surface area contributed by atoms with Gasteiger partial charge in [-0.15, -0.1) is 0 Å². The van der Waals surface area contributed by atoms with Crippen LogP contribution in [0.5, 0.6) is 0 Å². The second-order valence-electron chi connectivity index (χ2n) is 3.01. The Hall–Kier alpha value is -0.830. The quantitative estimate of drug-likeness (QED) is 0.730. The molecule has 1 unspecified atom stereocenters. The summed E-state index contributed by atoms with van der Waals surface area (Å²) < 4.78 is 4.68. The van der Waals surface area contributed by atoms with E-state index in [2.05, 4.69) is 16.6 Å². The van der Waals surface area contributed by atoms with Crippen molar-refractivity contribution in [2.45, 2.75) is 38.7 Å². The lowest BCUT2D eigenvalue weighted by Crippen LogP contribution is -2.06. The third kappa shape index (κ3) is 3.05. The van der Waals surface area contributed by atoms with Gasteiger partial charge in [0.05, 0.1) is 12.3 Å². The van der Waals surface area contributed by atoms with Crippen molar-refractivity contribution in [2.75, 3.05) is 0 Å². The smallest absolute Gasteiger partial charge is 0.126 e. The van der Waals surface area contributed by atoms with Gasteiger partial charge in [-0.25, -0.2) is 0 Å². The molecule has 0 saturated heterocycles. The van der Waals surface area contributed by atoms with Gasteiger partial charge in [0.15, 0.2) is 0 Å². The molecule has 12 heavy (non-hydrogen) atoms. The minimum Gasteiger partial charge on any atom is -0.393 e. The molecule has 0 saturated carbocycles. The van der Waals surface area contributed by atoms with Gasteiger partial charge in [0.25, 0.3) is 0 Å². The van der Waals surface area contributed by atoms with Gasteiger partial charge in [-0.05, 0) is 19.3 Å². The molecule has 0 amide bonds. The Morgan fingerprint density at radius 2 is 2.42 bits per heavy atom. The number of aromatic nitrogens is 1. The highest BCUT2D eigenvalue weighted by molar-refractivity contribution is 5.00. The van der Waals surface area contributed by atoms with Gasteiger partial charge < -0.3 is 9.63 Å². The molecule has 0 radical (unpaired) electrons. The summed E-state index contributed by atoms with van der Waals surface area (Å²) in [5.41, 5.74) is 1.06. The maximum atomic E-state index is 9.40. The van der Waals surface area contributed by atoms with Crippen molar-refractivity contribution in [1.29, 1.82) is 0 Å². The number of aliphatic hydroxyl groups excluding tert-OH is 1. The Balaban J connectivity index is 2.17. The fraction of sp³-hybridized carbons (Fsp3) is 0.667. The number of hydrogen-bond donors (Lipinski definition) is 1. The van der Waals surface area contributed by atoms with Crippen molar-refractivity contribution in [2.24, 2.45) is 0 Å². The van der Waals surface area contributed by atoms with Crippen LogP contribution < -0.4 is 0 Å². The first kappa shape index (κ1) is 9.26. The second-order valence-corrected chi connectivity index (χ2v) is 3.01. The minimum atomic E-state index is -0.176. The van der Waals surface area contributed by atoms with Crippen LogP contribution in [0.25, 0.3) is 0 Å². The Morgan fingerprint density at radius 1 is 1.58 bits per heavy atom. The van der Waals surface area contributed by atoms with Crippen LogP contribution in [0.2, 0.25) is 0 Å². The summed E-state index contributed by atoms with van der Waals surface area (Å²) >= 11 is 0. The van der Waals surface area contributed by atoms with Gasteiger partial charge in [0, 0.05) is 5.56 Å². The molecule has 1 heterocycles. The summed E-state index contributed by atoms with van der Waals surface area (Å²) in [4.78, 5) is 0. The fourth-order valence-electron chi connectivity index (χ4n) is 1.16. The van der Waals surface area contributed by atoms with Crippen LogP contribution in [0.4, 0.5) is 0 Å². The highest BCUT2D eigenvalue weighted by Gasteiger charge is 2.03. The highest BCUT2D eigenvalue weighted by atomic mass is 16.5. The molecule has 0 fully saturated rings. The molecule has 0 aliphatic carbocycles. The number of rotatable bonds is 5. The van der Waals surface area contributed by atoms with Crippen LogP contribution in [0.3, 0.4) is 0 Å². The molecule has 1 aromatic rings. The van der Waals surface area contributed by atoms with Gasteiger partial charge in [0.2, 0.25) is 0 Å². The Kier molecular flexibility index (Phi) is 3.80. The predicted octanol–water partition coefficient (Wildman–Crippen LogP) is 1.77. The summed E-state index contributed by atoms with van der Waals surface area (Å²) in [6, 6.07) is 0. The molecule has 0 aliphatic heterocycles. The SMILES string of the molecule is CCCC(O)CCc1cnoc1. The van der Waals surface area contributed by atoms with E-state index in [1.54, 1.807) is 12.5 Å². The van der Waals surface area contributed by atoms with Crippen LogP contribution in [0.1, 0.15) is 31.7 Å². The monoisotopic (exact) mass is 169 g/mol. The van der Waals surface area contributed by atoms with E-state index in [0.717, 1.165) is 31.2 Å². The molecule has 0 aliphatic rings. The molecule has 68 valence electrons. The molecule has 0 bridgehead atoms. The molecule has 3 heteroatoms. The van der Waals surface area contributed by atoms with Crippen LogP contribution in [0, 0.1) is 0 Å². The largest absolute Gasteiger partial charge is 0.393 e. The zero-order chi connectivity index (χ0) is 8.81. The lowest BCUT2D eigenvalue weighted by molar-refractivity contribution is 0.154. The number of aliphatic hydroxyl groups is 1. The molecule has 1 rings (SSSR count). The summed E-state index contributed by atoms with van der Waals surface area (Å²) in [6.45, 7) is 2.07. The summed E-state index contributed by atoms with van der Waals surface area (Å²) in [6.07, 6.45) is 6.71. The van der Waals surface area contributed by atoms with Gasteiger partial charge in [-0.1, -0.05) is 18.5 Å². The number of aryl methyl sites for hydroxylation is 1. The van der Waals surface area contributed by atoms with Crippen LogP contribution in [-0.2, 0) is 6.42 Å². The van der Waals surface area contributed by atoms with Crippen molar-refractivity contribution in [3.63, 3.8) is 0 Å². The average Bonchev–Trinajstić information content (AvgIpc) is 2.53. The minimum absolute atomic E-state index is 0.176. The lowest BCUT2D eigenvalue weighted by atomic mass is 10.1. The molecule has 3 nitrogen and oxygen atoms in total. The third-order valence-electron chi connectivity index (χ3n) is 1.87. The van der Waals surface area contributed by atoms with Crippen molar-refractivity contribution in [3.8, 4) is 0 Å². The maximum absolute atomic E-state index is 9.40. The molecule has 1 atom stereocenters. The van der Waals surface area contributed by atoms with E-state index in [1.807, 2.05) is 0 Å². The Morgan fingerprint density at radius 3 is 3.00 bits per heavy atom. The van der Waals surface area contributed by atoms with Crippen molar-refractivity contribution in [3.05, 3.63) is 18.0 Å². The standard InChI is InChI=1S/C9H15NO2/c1-2-3-9(11)5-4-8-6-10-12-7-8/h6-7,9,11H,2-5H2,1H3. The van der Waals surface area contributed by atoms with E-state index < -0.39 is 0 Å². The summed E-state index contributed by atoms with van der Waals surface area (Å²) in [5, 5.41) is 13.0. The molecule has 0 aromatic carbocycles. The normalized spacial score (nSPS) is 13.2. The number of hydrogen-bond acceptors (Lipinski definition) is 3. The van der Waals surface area contributed by atoms with Crippen LogP contribution in [0.15, 0.2) is 17.0 Å². The molecule has 1 N–H and O–H groups in total. The Bertz CT molecular complexity index is 196. The first-order chi connectivity index (χ1) is 5.83. The van der Waals surface area contributed by atoms with E-state index in [4.69, 9.17) is 0 Å². The van der Waals surface area contributed by atoms with Crippen LogP contribution >= 0.6 is 0 Å². The van der Waals surface area contributed by atoms with Gasteiger partial charge in [0.1, 0.15) is 6.26 Å². The lowest BCUT2D eigenvalue weighted by Gasteiger charge is -2.06. The first-order valence-corrected chi connectivity index (χ1v) is 4.39. The zero-order valence-electron chi connectivity index (χ0n) is 7.36. The van der Waals surface area contributed by atoms with Gasteiger partial charge in [-0.3, -0.25) is 0 Å². The van der Waals surface area contributed by atoms with Crippen LogP contribution in [-0.4, -0.2) is 16.4 Å². The van der Waals surface area contributed by atoms with E-state index in [0.29, 0.717) is 0 Å². The third-order valence-corrected chi connectivity index (χ3v) is 1.87. The molecular formula is C9H15NO2. The van der Waals surface area contributed by atoms with Crippen molar-refractivity contribution < 1.29 is 9.63 Å². The summed E-state index contributed by atoms with van der Waals surface area (Å²) in [5.74, 6) is 0.